The zero-order valence-corrected chi connectivity index (χ0v) is 18.9. The average Bonchev–Trinajstić information content (AvgIpc) is 3.57. The van der Waals surface area contributed by atoms with Gasteiger partial charge in [0.05, 0.1) is 6.54 Å². The molecule has 8 heteroatoms. The SMILES string of the molecule is Cc1cc(C(=O)CN2C(=O)N[C@]3(CCc4ccccc43)C2=O)c(C)n1-c1ccc2c(c1)OCO2. The Morgan fingerprint density at radius 1 is 1.06 bits per heavy atom. The molecule has 3 heterocycles. The molecule has 3 aliphatic rings. The van der Waals surface area contributed by atoms with Crippen molar-refractivity contribution < 1.29 is 23.9 Å². The lowest BCUT2D eigenvalue weighted by atomic mass is 9.92. The van der Waals surface area contributed by atoms with Gasteiger partial charge in [-0.1, -0.05) is 24.3 Å². The third-order valence-electron chi connectivity index (χ3n) is 7.07. The molecule has 0 unspecified atom stereocenters. The third kappa shape index (κ3) is 2.81. The molecule has 0 radical (unpaired) electrons. The lowest BCUT2D eigenvalue weighted by molar-refractivity contribution is -0.131. The van der Waals surface area contributed by atoms with Crippen LogP contribution in [0.2, 0.25) is 0 Å². The van der Waals surface area contributed by atoms with Crippen molar-refractivity contribution in [2.45, 2.75) is 32.2 Å². The minimum atomic E-state index is -1.07. The van der Waals surface area contributed by atoms with E-state index in [0.717, 1.165) is 33.1 Å². The molecule has 0 bridgehead atoms. The van der Waals surface area contributed by atoms with E-state index in [1.165, 1.54) is 0 Å². The number of ether oxygens (including phenoxy) is 2. The Balaban J connectivity index is 1.28. The summed E-state index contributed by atoms with van der Waals surface area (Å²) in [4.78, 5) is 40.6. The molecule has 2 aliphatic heterocycles. The van der Waals surface area contributed by atoms with Crippen LogP contribution in [0.25, 0.3) is 5.69 Å². The van der Waals surface area contributed by atoms with Crippen molar-refractivity contribution >= 4 is 17.7 Å². The Morgan fingerprint density at radius 3 is 2.71 bits per heavy atom. The maximum atomic E-state index is 13.4. The van der Waals surface area contributed by atoms with Gasteiger partial charge in [0.15, 0.2) is 17.3 Å². The normalized spacial score (nSPS) is 20.2. The fraction of sp³-hybridized carbons (Fsp3) is 0.269. The van der Waals surface area contributed by atoms with Crippen molar-refractivity contribution in [3.63, 3.8) is 0 Å². The summed E-state index contributed by atoms with van der Waals surface area (Å²) in [6, 6.07) is 14.5. The highest BCUT2D eigenvalue weighted by Gasteiger charge is 2.55. The van der Waals surface area contributed by atoms with E-state index in [4.69, 9.17) is 9.47 Å². The maximum Gasteiger partial charge on any atom is 0.325 e. The van der Waals surface area contributed by atoms with E-state index in [9.17, 15) is 14.4 Å². The first-order chi connectivity index (χ1) is 16.4. The van der Waals surface area contributed by atoms with E-state index in [2.05, 4.69) is 5.32 Å². The van der Waals surface area contributed by atoms with Crippen molar-refractivity contribution in [2.24, 2.45) is 0 Å². The molecule has 1 spiro atoms. The number of nitrogens with zero attached hydrogens (tertiary/aromatic N) is 2. The summed E-state index contributed by atoms with van der Waals surface area (Å²) in [5.74, 6) is 0.690. The Labute approximate surface area is 196 Å². The number of nitrogens with one attached hydrogen (secondary N) is 1. The van der Waals surface area contributed by atoms with Crippen LogP contribution < -0.4 is 14.8 Å². The number of benzene rings is 2. The van der Waals surface area contributed by atoms with Gasteiger partial charge in [0.25, 0.3) is 5.91 Å². The number of rotatable bonds is 4. The van der Waals surface area contributed by atoms with Crippen LogP contribution >= 0.6 is 0 Å². The number of carbonyl (C=O) groups excluding carboxylic acids is 3. The number of ketones is 1. The summed E-state index contributed by atoms with van der Waals surface area (Å²) >= 11 is 0. The minimum absolute atomic E-state index is 0.185. The first-order valence-electron chi connectivity index (χ1n) is 11.2. The van der Waals surface area contributed by atoms with Crippen molar-refractivity contribution in [1.29, 1.82) is 0 Å². The Morgan fingerprint density at radius 2 is 1.85 bits per heavy atom. The first-order valence-corrected chi connectivity index (χ1v) is 11.2. The molecule has 1 saturated heterocycles. The molecule has 1 aromatic heterocycles. The number of Topliss-reactive ketones (excluding diaryl/α,β-unsaturated/α-hetero) is 1. The second-order valence-corrected chi connectivity index (χ2v) is 8.96. The van der Waals surface area contributed by atoms with Crippen LogP contribution in [0.1, 0.15) is 39.3 Å². The molecule has 34 heavy (non-hydrogen) atoms. The van der Waals surface area contributed by atoms with Crippen LogP contribution in [-0.2, 0) is 16.8 Å². The fourth-order valence-electron chi connectivity index (χ4n) is 5.43. The van der Waals surface area contributed by atoms with Crippen LogP contribution in [-0.4, -0.2) is 40.5 Å². The van der Waals surface area contributed by atoms with Crippen molar-refractivity contribution in [3.05, 3.63) is 76.6 Å². The predicted octanol–water partition coefficient (Wildman–Crippen LogP) is 3.40. The van der Waals surface area contributed by atoms with Crippen molar-refractivity contribution in [2.75, 3.05) is 13.3 Å². The van der Waals surface area contributed by atoms with E-state index in [1.54, 1.807) is 6.07 Å². The van der Waals surface area contributed by atoms with Gasteiger partial charge in [-0.25, -0.2) is 4.79 Å². The van der Waals surface area contributed by atoms with Gasteiger partial charge < -0.3 is 19.4 Å². The van der Waals surface area contributed by atoms with Gasteiger partial charge in [-0.05, 0) is 56.0 Å². The number of hydrogen-bond acceptors (Lipinski definition) is 5. The number of fused-ring (bicyclic) bond motifs is 3. The topological polar surface area (TPSA) is 89.9 Å². The van der Waals surface area contributed by atoms with E-state index in [-0.39, 0.29) is 25.0 Å². The Hall–Kier alpha value is -4.07. The molecule has 172 valence electrons. The molecular weight excluding hydrogens is 434 g/mol. The highest BCUT2D eigenvalue weighted by Crippen LogP contribution is 2.41. The second-order valence-electron chi connectivity index (χ2n) is 8.96. The zero-order chi connectivity index (χ0) is 23.6. The molecule has 3 amide bonds. The Bertz CT molecular complexity index is 1390. The summed E-state index contributed by atoms with van der Waals surface area (Å²) in [6.07, 6.45) is 1.21. The second kappa shape index (κ2) is 7.21. The van der Waals surface area contributed by atoms with Gasteiger partial charge in [0.2, 0.25) is 6.79 Å². The van der Waals surface area contributed by atoms with Gasteiger partial charge in [-0.2, -0.15) is 0 Å². The molecule has 1 fully saturated rings. The first kappa shape index (κ1) is 20.5. The minimum Gasteiger partial charge on any atom is -0.454 e. The molecule has 3 aromatic rings. The van der Waals surface area contributed by atoms with E-state index < -0.39 is 11.6 Å². The third-order valence-corrected chi connectivity index (χ3v) is 7.07. The highest BCUT2D eigenvalue weighted by atomic mass is 16.7. The molecule has 2 aromatic carbocycles. The number of aromatic nitrogens is 1. The molecular formula is C26H23N3O5. The molecule has 1 N–H and O–H groups in total. The number of aryl methyl sites for hydroxylation is 2. The van der Waals surface area contributed by atoms with Gasteiger partial charge in [0, 0.05) is 28.7 Å². The number of hydrogen-bond donors (Lipinski definition) is 1. The highest BCUT2D eigenvalue weighted by molar-refractivity contribution is 6.12. The molecule has 1 aliphatic carbocycles. The van der Waals surface area contributed by atoms with Gasteiger partial charge in [-0.15, -0.1) is 0 Å². The fourth-order valence-corrected chi connectivity index (χ4v) is 5.43. The summed E-state index contributed by atoms with van der Waals surface area (Å²) in [6.45, 7) is 3.64. The van der Waals surface area contributed by atoms with Crippen LogP contribution in [0.5, 0.6) is 11.5 Å². The standard InChI is InChI=1S/C26H23N3O5/c1-15-11-19(16(2)29(15)18-7-8-22-23(12-18)34-14-33-22)21(30)13-28-24(31)26(27-25(28)32)10-9-17-5-3-4-6-20(17)26/h3-8,11-12H,9-10,13-14H2,1-2H3,(H,27,32)/t26-/m0/s1. The molecule has 8 nitrogen and oxygen atoms in total. The van der Waals surface area contributed by atoms with Crippen LogP contribution in [0.4, 0.5) is 4.79 Å². The number of amides is 3. The van der Waals surface area contributed by atoms with Gasteiger partial charge in [-0.3, -0.25) is 14.5 Å². The van der Waals surface area contributed by atoms with Gasteiger partial charge in [0.1, 0.15) is 5.54 Å². The van der Waals surface area contributed by atoms with Gasteiger partial charge >= 0.3 is 6.03 Å². The van der Waals surface area contributed by atoms with Crippen LogP contribution in [0.3, 0.4) is 0 Å². The molecule has 1 atom stereocenters. The lowest BCUT2D eigenvalue weighted by Crippen LogP contribution is -2.42. The Kier molecular flexibility index (Phi) is 4.36. The summed E-state index contributed by atoms with van der Waals surface area (Å²) in [5, 5.41) is 2.88. The quantitative estimate of drug-likeness (QED) is 0.479. The smallest absolute Gasteiger partial charge is 0.325 e. The average molecular weight is 457 g/mol. The number of carbonyl (C=O) groups is 3. The van der Waals surface area contributed by atoms with E-state index in [0.29, 0.717) is 29.9 Å². The monoisotopic (exact) mass is 457 g/mol. The van der Waals surface area contributed by atoms with Crippen molar-refractivity contribution in [3.8, 4) is 17.2 Å². The van der Waals surface area contributed by atoms with Crippen LogP contribution in [0.15, 0.2) is 48.5 Å². The van der Waals surface area contributed by atoms with Crippen LogP contribution in [0, 0.1) is 13.8 Å². The zero-order valence-electron chi connectivity index (χ0n) is 18.9. The predicted molar refractivity (Wildman–Crippen MR) is 122 cm³/mol. The lowest BCUT2D eigenvalue weighted by Gasteiger charge is -2.22. The molecule has 6 rings (SSSR count). The summed E-state index contributed by atoms with van der Waals surface area (Å²) in [7, 11) is 0. The van der Waals surface area contributed by atoms with E-state index in [1.807, 2.05) is 60.9 Å². The summed E-state index contributed by atoms with van der Waals surface area (Å²) in [5.41, 5.74) is 3.71. The number of urea groups is 1. The largest absolute Gasteiger partial charge is 0.454 e. The van der Waals surface area contributed by atoms with E-state index >= 15 is 0 Å². The summed E-state index contributed by atoms with van der Waals surface area (Å²) < 4.78 is 12.8. The molecule has 0 saturated carbocycles. The number of imide groups is 1. The maximum absolute atomic E-state index is 13.4. The van der Waals surface area contributed by atoms with Crippen molar-refractivity contribution in [1.82, 2.24) is 14.8 Å².